The SMILES string of the molecule is CCN1CCN(S(=O)(=O)c2ccc(I)c(C(=O)O)c2)CC1. The van der Waals surface area contributed by atoms with E-state index in [1.165, 1.54) is 22.5 Å². The zero-order valence-electron chi connectivity index (χ0n) is 11.6. The maximum Gasteiger partial charge on any atom is 0.336 e. The van der Waals surface area contributed by atoms with Crippen LogP contribution in [0.2, 0.25) is 0 Å². The van der Waals surface area contributed by atoms with E-state index in [9.17, 15) is 13.2 Å². The molecular weight excluding hydrogens is 407 g/mol. The Kier molecular flexibility index (Phi) is 5.23. The predicted molar refractivity (Wildman–Crippen MR) is 87.0 cm³/mol. The molecule has 1 fully saturated rings. The maximum absolute atomic E-state index is 12.6. The van der Waals surface area contributed by atoms with E-state index in [0.29, 0.717) is 29.7 Å². The number of carboxylic acid groups (broad SMARTS) is 1. The van der Waals surface area contributed by atoms with Gasteiger partial charge in [-0.25, -0.2) is 13.2 Å². The third-order valence-electron chi connectivity index (χ3n) is 3.58. The van der Waals surface area contributed by atoms with Gasteiger partial charge < -0.3 is 10.0 Å². The number of piperazine rings is 1. The average molecular weight is 424 g/mol. The summed E-state index contributed by atoms with van der Waals surface area (Å²) in [6.07, 6.45) is 0. The third-order valence-corrected chi connectivity index (χ3v) is 6.42. The zero-order valence-corrected chi connectivity index (χ0v) is 14.6. The van der Waals surface area contributed by atoms with Crippen molar-refractivity contribution in [1.29, 1.82) is 0 Å². The molecule has 6 nitrogen and oxygen atoms in total. The first-order valence-corrected chi connectivity index (χ1v) is 9.13. The molecule has 0 bridgehead atoms. The topological polar surface area (TPSA) is 77.9 Å². The lowest BCUT2D eigenvalue weighted by Crippen LogP contribution is -2.48. The fourth-order valence-electron chi connectivity index (χ4n) is 2.26. The highest BCUT2D eigenvalue weighted by molar-refractivity contribution is 14.1. The largest absolute Gasteiger partial charge is 0.478 e. The molecule has 0 radical (unpaired) electrons. The number of hydrogen-bond acceptors (Lipinski definition) is 4. The van der Waals surface area contributed by atoms with Gasteiger partial charge in [-0.15, -0.1) is 0 Å². The summed E-state index contributed by atoms with van der Waals surface area (Å²) in [7, 11) is -3.63. The second kappa shape index (κ2) is 6.59. The Labute approximate surface area is 137 Å². The summed E-state index contributed by atoms with van der Waals surface area (Å²) >= 11 is 1.89. The Morgan fingerprint density at radius 3 is 2.43 bits per heavy atom. The van der Waals surface area contributed by atoms with E-state index < -0.39 is 16.0 Å². The van der Waals surface area contributed by atoms with Gasteiger partial charge in [0.15, 0.2) is 0 Å². The molecule has 1 aromatic rings. The minimum absolute atomic E-state index is 0.0175. The van der Waals surface area contributed by atoms with Gasteiger partial charge in [0.1, 0.15) is 0 Å². The summed E-state index contributed by atoms with van der Waals surface area (Å²) in [6.45, 7) is 5.22. The standard InChI is InChI=1S/C13H17IN2O4S/c1-2-15-5-7-16(8-6-15)21(19,20)10-3-4-12(14)11(9-10)13(17)18/h3-4,9H,2,5-8H2,1H3,(H,17,18). The van der Waals surface area contributed by atoms with Crippen LogP contribution in [0.5, 0.6) is 0 Å². The van der Waals surface area contributed by atoms with Crippen LogP contribution >= 0.6 is 22.6 Å². The minimum Gasteiger partial charge on any atom is -0.478 e. The highest BCUT2D eigenvalue weighted by atomic mass is 127. The number of rotatable bonds is 4. The second-order valence-electron chi connectivity index (χ2n) is 4.79. The minimum atomic E-state index is -3.63. The second-order valence-corrected chi connectivity index (χ2v) is 7.89. The normalized spacial score (nSPS) is 17.8. The van der Waals surface area contributed by atoms with E-state index >= 15 is 0 Å². The van der Waals surface area contributed by atoms with Crippen molar-refractivity contribution in [3.05, 3.63) is 27.3 Å². The van der Waals surface area contributed by atoms with Crippen LogP contribution in [0.3, 0.4) is 0 Å². The molecule has 2 rings (SSSR count). The lowest BCUT2D eigenvalue weighted by atomic mass is 10.2. The van der Waals surface area contributed by atoms with E-state index in [1.54, 1.807) is 0 Å². The van der Waals surface area contributed by atoms with Crippen LogP contribution in [0.1, 0.15) is 17.3 Å². The van der Waals surface area contributed by atoms with Gasteiger partial charge in [0.2, 0.25) is 10.0 Å². The quantitative estimate of drug-likeness (QED) is 0.738. The molecule has 0 spiro atoms. The number of halogens is 1. The highest BCUT2D eigenvalue weighted by Crippen LogP contribution is 2.22. The molecular formula is C13H17IN2O4S. The molecule has 1 saturated heterocycles. The van der Waals surface area contributed by atoms with Crippen molar-refractivity contribution in [3.8, 4) is 0 Å². The van der Waals surface area contributed by atoms with Gasteiger partial charge in [0, 0.05) is 29.7 Å². The number of aromatic carboxylic acids is 1. The van der Waals surface area contributed by atoms with E-state index in [2.05, 4.69) is 4.90 Å². The number of benzene rings is 1. The third kappa shape index (κ3) is 3.55. The number of nitrogens with zero attached hydrogens (tertiary/aromatic N) is 2. The van der Waals surface area contributed by atoms with E-state index in [0.717, 1.165) is 6.54 Å². The van der Waals surface area contributed by atoms with Crippen molar-refractivity contribution < 1.29 is 18.3 Å². The van der Waals surface area contributed by atoms with Crippen LogP contribution in [0, 0.1) is 3.57 Å². The Hall–Kier alpha value is -0.710. The fraction of sp³-hybridized carbons (Fsp3) is 0.462. The fourth-order valence-corrected chi connectivity index (χ4v) is 4.28. The predicted octanol–water partition coefficient (Wildman–Crippen LogP) is 1.32. The smallest absolute Gasteiger partial charge is 0.336 e. The van der Waals surface area contributed by atoms with Crippen LogP contribution in [-0.4, -0.2) is 61.4 Å². The van der Waals surface area contributed by atoms with Crippen LogP contribution in [0.4, 0.5) is 0 Å². The molecule has 1 heterocycles. The van der Waals surface area contributed by atoms with Gasteiger partial charge in [-0.1, -0.05) is 6.92 Å². The van der Waals surface area contributed by atoms with Gasteiger partial charge in [-0.05, 0) is 47.3 Å². The summed E-state index contributed by atoms with van der Waals surface area (Å²) in [6, 6.07) is 4.24. The van der Waals surface area contributed by atoms with Gasteiger partial charge in [-0.2, -0.15) is 4.31 Å². The van der Waals surface area contributed by atoms with E-state index in [-0.39, 0.29) is 10.5 Å². The van der Waals surface area contributed by atoms with E-state index in [4.69, 9.17) is 5.11 Å². The molecule has 21 heavy (non-hydrogen) atoms. The molecule has 1 aromatic carbocycles. The first-order chi connectivity index (χ1) is 9.86. The van der Waals surface area contributed by atoms with Gasteiger partial charge in [0.25, 0.3) is 0 Å². The number of sulfonamides is 1. The van der Waals surface area contributed by atoms with Crippen molar-refractivity contribution in [2.75, 3.05) is 32.7 Å². The lowest BCUT2D eigenvalue weighted by Gasteiger charge is -2.33. The monoisotopic (exact) mass is 424 g/mol. The lowest BCUT2D eigenvalue weighted by molar-refractivity contribution is 0.0695. The molecule has 8 heteroatoms. The Balaban J connectivity index is 2.28. The molecule has 116 valence electrons. The number of carbonyl (C=O) groups is 1. The van der Waals surface area contributed by atoms with E-state index in [1.807, 2.05) is 29.5 Å². The number of hydrogen-bond donors (Lipinski definition) is 1. The van der Waals surface area contributed by atoms with Gasteiger partial charge >= 0.3 is 5.97 Å². The average Bonchev–Trinajstić information content (AvgIpc) is 2.47. The number of carboxylic acids is 1. The van der Waals surface area contributed by atoms with Crippen molar-refractivity contribution in [2.24, 2.45) is 0 Å². The maximum atomic E-state index is 12.6. The van der Waals surface area contributed by atoms with Crippen LogP contribution in [-0.2, 0) is 10.0 Å². The van der Waals surface area contributed by atoms with Gasteiger partial charge in [-0.3, -0.25) is 0 Å². The summed E-state index contributed by atoms with van der Waals surface area (Å²) < 4.78 is 27.1. The van der Waals surface area contributed by atoms with Crippen molar-refractivity contribution >= 4 is 38.6 Å². The molecule has 0 aromatic heterocycles. The van der Waals surface area contributed by atoms with Crippen molar-refractivity contribution in [3.63, 3.8) is 0 Å². The Morgan fingerprint density at radius 1 is 1.29 bits per heavy atom. The Morgan fingerprint density at radius 2 is 1.90 bits per heavy atom. The molecule has 0 atom stereocenters. The zero-order chi connectivity index (χ0) is 15.6. The van der Waals surface area contributed by atoms with Gasteiger partial charge in [0.05, 0.1) is 10.5 Å². The van der Waals surface area contributed by atoms with Crippen LogP contribution < -0.4 is 0 Å². The molecule has 0 amide bonds. The Bertz CT molecular complexity index is 640. The molecule has 0 saturated carbocycles. The summed E-state index contributed by atoms with van der Waals surface area (Å²) in [5, 5.41) is 9.11. The molecule has 1 aliphatic heterocycles. The van der Waals surface area contributed by atoms with Crippen molar-refractivity contribution in [2.45, 2.75) is 11.8 Å². The van der Waals surface area contributed by atoms with Crippen molar-refractivity contribution in [1.82, 2.24) is 9.21 Å². The summed E-state index contributed by atoms with van der Waals surface area (Å²) in [4.78, 5) is 13.4. The molecule has 0 aliphatic carbocycles. The first kappa shape index (κ1) is 16.7. The molecule has 1 aliphatic rings. The molecule has 1 N–H and O–H groups in total. The highest BCUT2D eigenvalue weighted by Gasteiger charge is 2.28. The summed E-state index contributed by atoms with van der Waals surface area (Å²) in [5.74, 6) is -1.12. The molecule has 0 unspecified atom stereocenters. The first-order valence-electron chi connectivity index (χ1n) is 6.61. The summed E-state index contributed by atoms with van der Waals surface area (Å²) in [5.41, 5.74) is 0.0175. The van der Waals surface area contributed by atoms with Crippen LogP contribution in [0.25, 0.3) is 0 Å². The van der Waals surface area contributed by atoms with Crippen LogP contribution in [0.15, 0.2) is 23.1 Å². The number of likely N-dealkylation sites (N-methyl/N-ethyl adjacent to an activating group) is 1.